The molecule has 0 unspecified atom stereocenters. The van der Waals surface area contributed by atoms with E-state index in [9.17, 15) is 19.2 Å². The topological polar surface area (TPSA) is 103 Å². The monoisotopic (exact) mass is 393 g/mol. The molecule has 0 aliphatic heterocycles. The third kappa shape index (κ3) is 4.47. The van der Waals surface area contributed by atoms with Gasteiger partial charge in [-0.15, -0.1) is 11.3 Å². The quantitative estimate of drug-likeness (QED) is 0.500. The number of carbonyl (C=O) groups is 2. The molecule has 0 spiro atoms. The summed E-state index contributed by atoms with van der Waals surface area (Å²) < 4.78 is 13.0. The Morgan fingerprint density at radius 3 is 2.43 bits per heavy atom. The van der Waals surface area contributed by atoms with Crippen LogP contribution in [0.2, 0.25) is 0 Å². The Bertz CT molecular complexity index is 1100. The summed E-state index contributed by atoms with van der Waals surface area (Å²) in [7, 11) is 0. The fraction of sp³-hybridized carbons (Fsp3) is 0. The smallest absolute Gasteiger partial charge is 0.335 e. The number of thiazole rings is 1. The number of nitrogens with one attached hydrogen (secondary N) is 1. The largest absolute Gasteiger partial charge is 0.478 e. The van der Waals surface area contributed by atoms with Gasteiger partial charge in [0.1, 0.15) is 22.5 Å². The Hall–Kier alpha value is -3.83. The first kappa shape index (κ1) is 18.9. The molecule has 28 heavy (non-hydrogen) atoms. The first-order valence-corrected chi connectivity index (χ1v) is 8.82. The van der Waals surface area contributed by atoms with Crippen molar-refractivity contribution >= 4 is 35.0 Å². The van der Waals surface area contributed by atoms with Crippen molar-refractivity contribution in [3.63, 3.8) is 0 Å². The van der Waals surface area contributed by atoms with Crippen LogP contribution >= 0.6 is 11.3 Å². The van der Waals surface area contributed by atoms with Crippen LogP contribution in [0.15, 0.2) is 59.5 Å². The van der Waals surface area contributed by atoms with Gasteiger partial charge in [0.2, 0.25) is 0 Å². The van der Waals surface area contributed by atoms with E-state index in [0.29, 0.717) is 16.4 Å². The lowest BCUT2D eigenvalue weighted by Crippen LogP contribution is -2.13. The summed E-state index contributed by atoms with van der Waals surface area (Å²) >= 11 is 1.31. The molecule has 1 heterocycles. The second kappa shape index (κ2) is 8.24. The molecule has 2 N–H and O–H groups in total. The van der Waals surface area contributed by atoms with Crippen LogP contribution in [0.1, 0.15) is 16.1 Å². The van der Waals surface area contributed by atoms with Crippen molar-refractivity contribution < 1.29 is 19.1 Å². The van der Waals surface area contributed by atoms with Crippen LogP contribution in [0, 0.1) is 17.1 Å². The number of nitrogens with zero attached hydrogens (tertiary/aromatic N) is 2. The third-order valence-corrected chi connectivity index (χ3v) is 4.57. The first-order valence-electron chi connectivity index (χ1n) is 7.94. The van der Waals surface area contributed by atoms with Crippen molar-refractivity contribution in [1.29, 1.82) is 5.26 Å². The molecule has 8 heteroatoms. The van der Waals surface area contributed by atoms with Crippen LogP contribution in [-0.4, -0.2) is 22.0 Å². The first-order chi connectivity index (χ1) is 13.5. The van der Waals surface area contributed by atoms with Crippen molar-refractivity contribution in [2.45, 2.75) is 0 Å². The minimum atomic E-state index is -1.07. The number of hydrogen-bond acceptors (Lipinski definition) is 5. The van der Waals surface area contributed by atoms with Crippen molar-refractivity contribution in [1.82, 2.24) is 4.98 Å². The molecular formula is C20H12FN3O3S. The van der Waals surface area contributed by atoms with E-state index in [1.807, 2.05) is 6.07 Å². The molecule has 0 aliphatic carbocycles. The van der Waals surface area contributed by atoms with Gasteiger partial charge in [0, 0.05) is 16.6 Å². The number of carboxylic acid groups (broad SMARTS) is 1. The SMILES string of the molecule is N#C/C(=C\c1csc(-c2ccc(F)cc2)n1)C(=O)Nc1ccc(C(=O)O)cc1. The number of hydrogen-bond donors (Lipinski definition) is 2. The van der Waals surface area contributed by atoms with Crippen LogP contribution < -0.4 is 5.32 Å². The molecule has 6 nitrogen and oxygen atoms in total. The summed E-state index contributed by atoms with van der Waals surface area (Å²) in [5, 5.41) is 23.0. The number of rotatable bonds is 5. The van der Waals surface area contributed by atoms with E-state index >= 15 is 0 Å². The van der Waals surface area contributed by atoms with Gasteiger partial charge in [-0.1, -0.05) is 0 Å². The predicted molar refractivity (Wildman–Crippen MR) is 103 cm³/mol. The van der Waals surface area contributed by atoms with Gasteiger partial charge in [0.25, 0.3) is 5.91 Å². The van der Waals surface area contributed by atoms with E-state index in [4.69, 9.17) is 5.11 Å². The van der Waals surface area contributed by atoms with E-state index in [2.05, 4.69) is 10.3 Å². The van der Waals surface area contributed by atoms with Crippen LogP contribution in [0.5, 0.6) is 0 Å². The molecule has 0 saturated heterocycles. The van der Waals surface area contributed by atoms with Gasteiger partial charge in [-0.2, -0.15) is 5.26 Å². The molecule has 3 rings (SSSR count). The van der Waals surface area contributed by atoms with Crippen LogP contribution in [0.4, 0.5) is 10.1 Å². The molecule has 1 amide bonds. The molecule has 0 saturated carbocycles. The Balaban J connectivity index is 1.76. The van der Waals surface area contributed by atoms with Crippen molar-refractivity contribution in [2.75, 3.05) is 5.32 Å². The molecule has 0 atom stereocenters. The van der Waals surface area contributed by atoms with E-state index in [1.165, 1.54) is 53.8 Å². The minimum absolute atomic E-state index is 0.0878. The molecule has 2 aromatic carbocycles. The summed E-state index contributed by atoms with van der Waals surface area (Å²) in [5.74, 6) is -2.06. The zero-order valence-electron chi connectivity index (χ0n) is 14.2. The van der Waals surface area contributed by atoms with Gasteiger partial charge in [-0.25, -0.2) is 14.2 Å². The van der Waals surface area contributed by atoms with E-state index in [1.54, 1.807) is 17.5 Å². The van der Waals surface area contributed by atoms with Gasteiger partial charge in [-0.05, 0) is 54.6 Å². The molecule has 138 valence electrons. The fourth-order valence-corrected chi connectivity index (χ4v) is 3.05. The van der Waals surface area contributed by atoms with Crippen LogP contribution in [0.25, 0.3) is 16.6 Å². The summed E-state index contributed by atoms with van der Waals surface area (Å²) in [6.45, 7) is 0. The van der Waals surface area contributed by atoms with Crippen molar-refractivity contribution in [3.8, 4) is 16.6 Å². The molecule has 0 aliphatic rings. The number of aromatic carboxylic acids is 1. The molecule has 3 aromatic rings. The standard InChI is InChI=1S/C20H12FN3O3S/c21-15-5-1-12(2-6-15)19-24-17(11-28-19)9-14(10-22)18(25)23-16-7-3-13(4-8-16)20(26)27/h1-9,11H,(H,23,25)(H,26,27)/b14-9+. The highest BCUT2D eigenvalue weighted by molar-refractivity contribution is 7.13. The van der Waals surface area contributed by atoms with Crippen molar-refractivity contribution in [2.24, 2.45) is 0 Å². The lowest BCUT2D eigenvalue weighted by Gasteiger charge is -2.04. The van der Waals surface area contributed by atoms with Gasteiger partial charge in [0.15, 0.2) is 0 Å². The molecular weight excluding hydrogens is 381 g/mol. The highest BCUT2D eigenvalue weighted by Gasteiger charge is 2.12. The summed E-state index contributed by atoms with van der Waals surface area (Å²) in [6.07, 6.45) is 1.35. The highest BCUT2D eigenvalue weighted by Crippen LogP contribution is 2.25. The molecule has 0 radical (unpaired) electrons. The Morgan fingerprint density at radius 2 is 1.82 bits per heavy atom. The zero-order chi connectivity index (χ0) is 20.1. The average molecular weight is 393 g/mol. The number of amides is 1. The maximum Gasteiger partial charge on any atom is 0.335 e. The number of carbonyl (C=O) groups excluding carboxylic acids is 1. The van der Waals surface area contributed by atoms with Gasteiger partial charge >= 0.3 is 5.97 Å². The predicted octanol–water partition coefficient (Wildman–Crippen LogP) is 4.19. The number of nitriles is 1. The maximum absolute atomic E-state index is 13.0. The van der Waals surface area contributed by atoms with E-state index in [-0.39, 0.29) is 17.0 Å². The molecule has 0 fully saturated rings. The summed E-state index contributed by atoms with van der Waals surface area (Å²) in [6, 6.07) is 13.3. The highest BCUT2D eigenvalue weighted by atomic mass is 32.1. The molecule has 1 aromatic heterocycles. The van der Waals surface area contributed by atoms with E-state index in [0.717, 1.165) is 5.56 Å². The normalized spacial score (nSPS) is 10.9. The van der Waals surface area contributed by atoms with Crippen LogP contribution in [-0.2, 0) is 4.79 Å². The third-order valence-electron chi connectivity index (χ3n) is 3.66. The van der Waals surface area contributed by atoms with Crippen molar-refractivity contribution in [3.05, 3.63) is 76.6 Å². The second-order valence-corrected chi connectivity index (χ2v) is 6.45. The fourth-order valence-electron chi connectivity index (χ4n) is 2.27. The summed E-state index contributed by atoms with van der Waals surface area (Å²) in [5.41, 5.74) is 1.45. The summed E-state index contributed by atoms with van der Waals surface area (Å²) in [4.78, 5) is 27.5. The Morgan fingerprint density at radius 1 is 1.14 bits per heavy atom. The number of carboxylic acids is 1. The van der Waals surface area contributed by atoms with Gasteiger partial charge in [0.05, 0.1) is 11.3 Å². The molecule has 0 bridgehead atoms. The van der Waals surface area contributed by atoms with Gasteiger partial charge in [-0.3, -0.25) is 4.79 Å². The Labute approximate surface area is 163 Å². The zero-order valence-corrected chi connectivity index (χ0v) is 15.0. The number of benzene rings is 2. The number of halogens is 1. The lowest BCUT2D eigenvalue weighted by atomic mass is 10.2. The average Bonchev–Trinajstić information content (AvgIpc) is 3.15. The van der Waals surface area contributed by atoms with Gasteiger partial charge < -0.3 is 10.4 Å². The van der Waals surface area contributed by atoms with Crippen LogP contribution in [0.3, 0.4) is 0 Å². The number of aromatic nitrogens is 1. The number of anilines is 1. The minimum Gasteiger partial charge on any atom is -0.478 e. The Kier molecular flexibility index (Phi) is 5.58. The second-order valence-electron chi connectivity index (χ2n) is 5.59. The lowest BCUT2D eigenvalue weighted by molar-refractivity contribution is -0.112. The maximum atomic E-state index is 13.0. The van der Waals surface area contributed by atoms with E-state index < -0.39 is 11.9 Å².